The predicted octanol–water partition coefficient (Wildman–Crippen LogP) is 3.48. The summed E-state index contributed by atoms with van der Waals surface area (Å²) in [5, 5.41) is 14.5. The van der Waals surface area contributed by atoms with Gasteiger partial charge in [-0.25, -0.2) is 0 Å². The summed E-state index contributed by atoms with van der Waals surface area (Å²) in [4.78, 5) is 4.33. The number of nitrogens with one attached hydrogen (secondary N) is 2. The van der Waals surface area contributed by atoms with Crippen LogP contribution in [0.25, 0.3) is 0 Å². The Bertz CT molecular complexity index is 779. The van der Waals surface area contributed by atoms with Crippen molar-refractivity contribution < 1.29 is 9.15 Å². The predicted molar refractivity (Wildman–Crippen MR) is 87.1 cm³/mol. The molecule has 0 saturated carbocycles. The Morgan fingerprint density at radius 2 is 2.22 bits per heavy atom. The number of methoxy groups -OCH3 is 1. The molecule has 0 bridgehead atoms. The molecule has 118 valence electrons. The van der Waals surface area contributed by atoms with Crippen LogP contribution >= 0.6 is 11.6 Å². The van der Waals surface area contributed by atoms with Crippen LogP contribution < -0.4 is 15.4 Å². The average Bonchev–Trinajstić information content (AvgIpc) is 3.07. The molecule has 0 aliphatic heterocycles. The minimum atomic E-state index is 0.394. The third-order valence-electron chi connectivity index (χ3n) is 2.98. The van der Waals surface area contributed by atoms with Crippen LogP contribution in [0.5, 0.6) is 5.75 Å². The zero-order valence-corrected chi connectivity index (χ0v) is 13.0. The highest BCUT2D eigenvalue weighted by Gasteiger charge is 2.05. The molecule has 0 unspecified atom stereocenters. The number of furan rings is 1. The number of halogens is 1. The second-order valence-corrected chi connectivity index (χ2v) is 4.98. The van der Waals surface area contributed by atoms with Gasteiger partial charge in [-0.1, -0.05) is 11.6 Å². The van der Waals surface area contributed by atoms with E-state index in [0.29, 0.717) is 29.1 Å². The van der Waals surface area contributed by atoms with Crippen molar-refractivity contribution in [3.63, 3.8) is 0 Å². The first-order chi connectivity index (χ1) is 11.2. The minimum Gasteiger partial charge on any atom is -0.495 e. The molecule has 0 aliphatic rings. The average molecular weight is 332 g/mol. The van der Waals surface area contributed by atoms with Gasteiger partial charge in [-0.15, -0.1) is 5.10 Å². The molecule has 0 radical (unpaired) electrons. The second kappa shape index (κ2) is 6.97. The fraction of sp³-hybridized carbons (Fsp3) is 0.133. The quantitative estimate of drug-likeness (QED) is 0.715. The van der Waals surface area contributed by atoms with Gasteiger partial charge >= 0.3 is 0 Å². The van der Waals surface area contributed by atoms with Crippen LogP contribution in [0.4, 0.5) is 17.5 Å². The Kier molecular flexibility index (Phi) is 4.58. The van der Waals surface area contributed by atoms with Crippen molar-refractivity contribution in [2.75, 3.05) is 17.7 Å². The van der Waals surface area contributed by atoms with Gasteiger partial charge < -0.3 is 19.8 Å². The lowest BCUT2D eigenvalue weighted by Gasteiger charge is -2.09. The first-order valence-corrected chi connectivity index (χ1v) is 7.19. The number of hydrogen-bond donors (Lipinski definition) is 2. The summed E-state index contributed by atoms with van der Waals surface area (Å²) in [6.07, 6.45) is 3.14. The Hall–Kier alpha value is -2.80. The lowest BCUT2D eigenvalue weighted by atomic mass is 10.3. The van der Waals surface area contributed by atoms with Crippen LogP contribution in [0.2, 0.25) is 5.02 Å². The minimum absolute atomic E-state index is 0.394. The van der Waals surface area contributed by atoms with E-state index < -0.39 is 0 Å². The molecule has 7 nitrogen and oxygen atoms in total. The molecule has 2 heterocycles. The highest BCUT2D eigenvalue weighted by Crippen LogP contribution is 2.28. The zero-order valence-electron chi connectivity index (χ0n) is 12.3. The Labute approximate surface area is 137 Å². The molecular formula is C15H14ClN5O2. The van der Waals surface area contributed by atoms with E-state index >= 15 is 0 Å². The Morgan fingerprint density at radius 3 is 2.96 bits per heavy atom. The van der Waals surface area contributed by atoms with Gasteiger partial charge in [-0.05, 0) is 30.3 Å². The highest BCUT2D eigenvalue weighted by molar-refractivity contribution is 6.32. The zero-order chi connectivity index (χ0) is 16.1. The van der Waals surface area contributed by atoms with Crippen LogP contribution in [0.15, 0.2) is 47.2 Å². The molecule has 8 heteroatoms. The summed E-state index contributed by atoms with van der Waals surface area (Å²) < 4.78 is 10.4. The molecule has 2 N–H and O–H groups in total. The van der Waals surface area contributed by atoms with E-state index in [4.69, 9.17) is 20.8 Å². The summed E-state index contributed by atoms with van der Waals surface area (Å²) in [7, 11) is 1.57. The monoisotopic (exact) mass is 331 g/mol. The van der Waals surface area contributed by atoms with Gasteiger partial charge in [0.2, 0.25) is 5.95 Å². The Balaban J connectivity index is 1.68. The van der Waals surface area contributed by atoms with Crippen molar-refractivity contribution in [1.29, 1.82) is 0 Å². The smallest absolute Gasteiger partial charge is 0.245 e. The number of ether oxygens (including phenoxy) is 1. The van der Waals surface area contributed by atoms with Gasteiger partial charge in [-0.3, -0.25) is 0 Å². The van der Waals surface area contributed by atoms with Crippen LogP contribution in [-0.2, 0) is 6.54 Å². The van der Waals surface area contributed by atoms with Crippen molar-refractivity contribution in [2.45, 2.75) is 6.54 Å². The molecule has 2 aromatic heterocycles. The maximum Gasteiger partial charge on any atom is 0.245 e. The first-order valence-electron chi connectivity index (χ1n) is 6.81. The number of hydrogen-bond acceptors (Lipinski definition) is 7. The summed E-state index contributed by atoms with van der Waals surface area (Å²) >= 11 is 6.10. The molecule has 0 fully saturated rings. The lowest BCUT2D eigenvalue weighted by molar-refractivity contribution is 0.415. The molecule has 3 rings (SSSR count). The summed E-state index contributed by atoms with van der Waals surface area (Å²) in [5.74, 6) is 2.34. The molecule has 23 heavy (non-hydrogen) atoms. The molecule has 0 spiro atoms. The van der Waals surface area contributed by atoms with E-state index in [1.807, 2.05) is 18.2 Å². The van der Waals surface area contributed by atoms with Crippen LogP contribution in [0.1, 0.15) is 5.76 Å². The number of rotatable bonds is 6. The summed E-state index contributed by atoms with van der Waals surface area (Å²) in [6, 6.07) is 9.04. The third kappa shape index (κ3) is 3.89. The maximum absolute atomic E-state index is 6.10. The van der Waals surface area contributed by atoms with E-state index in [0.717, 1.165) is 11.4 Å². The number of anilines is 3. The summed E-state index contributed by atoms with van der Waals surface area (Å²) in [5.41, 5.74) is 0.772. The second-order valence-electron chi connectivity index (χ2n) is 4.57. The molecule has 1 aromatic carbocycles. The van der Waals surface area contributed by atoms with Gasteiger partial charge in [0.25, 0.3) is 0 Å². The van der Waals surface area contributed by atoms with E-state index in [-0.39, 0.29) is 0 Å². The van der Waals surface area contributed by atoms with Gasteiger partial charge in [-0.2, -0.15) is 10.1 Å². The molecule has 0 saturated heterocycles. The maximum atomic E-state index is 6.10. The van der Waals surface area contributed by atoms with Crippen molar-refractivity contribution in [1.82, 2.24) is 15.2 Å². The van der Waals surface area contributed by atoms with E-state index in [9.17, 15) is 0 Å². The fourth-order valence-corrected chi connectivity index (χ4v) is 2.17. The van der Waals surface area contributed by atoms with Gasteiger partial charge in [0.05, 0.1) is 31.1 Å². The largest absolute Gasteiger partial charge is 0.495 e. The van der Waals surface area contributed by atoms with E-state index in [1.165, 1.54) is 6.20 Å². The molecule has 0 amide bonds. The Morgan fingerprint density at radius 1 is 1.30 bits per heavy atom. The van der Waals surface area contributed by atoms with Crippen LogP contribution in [-0.4, -0.2) is 22.3 Å². The van der Waals surface area contributed by atoms with Gasteiger partial charge in [0, 0.05) is 5.69 Å². The van der Waals surface area contributed by atoms with Gasteiger partial charge in [0.1, 0.15) is 11.5 Å². The summed E-state index contributed by atoms with van der Waals surface area (Å²) in [6.45, 7) is 0.479. The van der Waals surface area contributed by atoms with Gasteiger partial charge in [0.15, 0.2) is 5.82 Å². The normalized spacial score (nSPS) is 10.3. The third-order valence-corrected chi connectivity index (χ3v) is 3.28. The topological polar surface area (TPSA) is 85.1 Å². The highest BCUT2D eigenvalue weighted by atomic mass is 35.5. The SMILES string of the molecule is COc1ccc(Nc2cnnc(NCc3ccco3)n2)cc1Cl. The fourth-order valence-electron chi connectivity index (χ4n) is 1.91. The van der Waals surface area contributed by atoms with Crippen molar-refractivity contribution in [3.05, 3.63) is 53.6 Å². The number of benzene rings is 1. The number of aromatic nitrogens is 3. The van der Waals surface area contributed by atoms with E-state index in [1.54, 1.807) is 25.5 Å². The van der Waals surface area contributed by atoms with E-state index in [2.05, 4.69) is 25.8 Å². The van der Waals surface area contributed by atoms with Crippen molar-refractivity contribution in [3.8, 4) is 5.75 Å². The molecular weight excluding hydrogens is 318 g/mol. The first kappa shape index (κ1) is 15.1. The molecule has 0 atom stereocenters. The van der Waals surface area contributed by atoms with Crippen molar-refractivity contribution in [2.24, 2.45) is 0 Å². The van der Waals surface area contributed by atoms with Crippen LogP contribution in [0.3, 0.4) is 0 Å². The van der Waals surface area contributed by atoms with Crippen LogP contribution in [0, 0.1) is 0 Å². The lowest BCUT2D eigenvalue weighted by Crippen LogP contribution is -2.05. The molecule has 3 aromatic rings. The number of nitrogens with zero attached hydrogens (tertiary/aromatic N) is 3. The molecule has 0 aliphatic carbocycles. The standard InChI is InChI=1S/C15H14ClN5O2/c1-22-13-5-4-10(7-12(13)16)19-14-9-18-21-15(20-14)17-8-11-3-2-6-23-11/h2-7,9H,8H2,1H3,(H2,17,19,20,21). The van der Waals surface area contributed by atoms with Crippen molar-refractivity contribution >= 4 is 29.1 Å².